The Hall–Kier alpha value is -2.99. The standard InChI is InChI=1S/C21H23N5O/c1-12-9-13(2)19-16(10-12)14(3)22-20(25-19)26-21-23-17(11-18(27)24-21)15-7-5-4-6-8-15/h4-10,17,21,23H,11H2,1-3H3,(H,24,27)(H,22,25,26). The molecule has 6 nitrogen and oxygen atoms in total. The summed E-state index contributed by atoms with van der Waals surface area (Å²) in [6.45, 7) is 6.11. The summed E-state index contributed by atoms with van der Waals surface area (Å²) in [5, 5.41) is 10.6. The van der Waals surface area contributed by atoms with E-state index in [4.69, 9.17) is 0 Å². The van der Waals surface area contributed by atoms with Crippen LogP contribution in [0.1, 0.15) is 34.8 Å². The van der Waals surface area contributed by atoms with Crippen molar-refractivity contribution in [2.45, 2.75) is 39.5 Å². The van der Waals surface area contributed by atoms with Crippen LogP contribution in [0.5, 0.6) is 0 Å². The lowest BCUT2D eigenvalue weighted by atomic mass is 10.0. The lowest BCUT2D eigenvalue weighted by Gasteiger charge is -2.32. The van der Waals surface area contributed by atoms with Crippen molar-refractivity contribution in [3.05, 3.63) is 64.8 Å². The van der Waals surface area contributed by atoms with E-state index in [-0.39, 0.29) is 11.9 Å². The fourth-order valence-corrected chi connectivity index (χ4v) is 3.61. The summed E-state index contributed by atoms with van der Waals surface area (Å²) < 4.78 is 0. The average molecular weight is 361 g/mol. The molecule has 6 heteroatoms. The van der Waals surface area contributed by atoms with Crippen LogP contribution in [0.25, 0.3) is 10.9 Å². The molecular weight excluding hydrogens is 338 g/mol. The van der Waals surface area contributed by atoms with Crippen molar-refractivity contribution in [3.63, 3.8) is 0 Å². The number of nitrogens with one attached hydrogen (secondary N) is 3. The number of anilines is 1. The molecule has 1 aromatic heterocycles. The predicted octanol–water partition coefficient (Wildman–Crippen LogP) is 3.10. The fraction of sp³-hybridized carbons (Fsp3) is 0.286. The first-order chi connectivity index (χ1) is 13.0. The van der Waals surface area contributed by atoms with Gasteiger partial charge in [0.25, 0.3) is 0 Å². The van der Waals surface area contributed by atoms with Gasteiger partial charge in [0, 0.05) is 17.8 Å². The van der Waals surface area contributed by atoms with E-state index in [2.05, 4.69) is 51.9 Å². The number of fused-ring (bicyclic) bond motifs is 1. The first-order valence-electron chi connectivity index (χ1n) is 9.12. The number of amides is 1. The summed E-state index contributed by atoms with van der Waals surface area (Å²) in [6.07, 6.45) is -0.0304. The van der Waals surface area contributed by atoms with Gasteiger partial charge in [0.1, 0.15) is 0 Å². The van der Waals surface area contributed by atoms with Gasteiger partial charge < -0.3 is 10.6 Å². The zero-order valence-electron chi connectivity index (χ0n) is 15.7. The Labute approximate surface area is 158 Å². The van der Waals surface area contributed by atoms with Gasteiger partial charge in [-0.3, -0.25) is 10.1 Å². The first-order valence-corrected chi connectivity index (χ1v) is 9.12. The number of hydrogen-bond acceptors (Lipinski definition) is 5. The molecule has 1 fully saturated rings. The third-order valence-corrected chi connectivity index (χ3v) is 4.86. The summed E-state index contributed by atoms with van der Waals surface area (Å²) in [5.41, 5.74) is 5.23. The van der Waals surface area contributed by atoms with Crippen molar-refractivity contribution >= 4 is 22.8 Å². The maximum atomic E-state index is 12.2. The summed E-state index contributed by atoms with van der Waals surface area (Å²) in [5.74, 6) is 0.489. The highest BCUT2D eigenvalue weighted by Gasteiger charge is 2.27. The van der Waals surface area contributed by atoms with Crippen molar-refractivity contribution in [2.75, 3.05) is 5.32 Å². The lowest BCUT2D eigenvalue weighted by Crippen LogP contribution is -2.56. The molecule has 1 aliphatic rings. The van der Waals surface area contributed by atoms with E-state index >= 15 is 0 Å². The Morgan fingerprint density at radius 3 is 2.63 bits per heavy atom. The first kappa shape index (κ1) is 17.4. The number of nitrogens with zero attached hydrogens (tertiary/aromatic N) is 2. The molecule has 2 heterocycles. The van der Waals surface area contributed by atoms with Crippen molar-refractivity contribution in [2.24, 2.45) is 0 Å². The second-order valence-electron chi connectivity index (χ2n) is 7.09. The minimum atomic E-state index is -0.431. The van der Waals surface area contributed by atoms with E-state index in [1.807, 2.05) is 37.3 Å². The van der Waals surface area contributed by atoms with Crippen LogP contribution in [0.3, 0.4) is 0 Å². The molecule has 0 spiro atoms. The molecule has 3 aromatic rings. The molecule has 0 bridgehead atoms. The molecule has 2 atom stereocenters. The van der Waals surface area contributed by atoms with Crippen molar-refractivity contribution in [1.82, 2.24) is 20.6 Å². The third-order valence-electron chi connectivity index (χ3n) is 4.86. The predicted molar refractivity (Wildman–Crippen MR) is 106 cm³/mol. The van der Waals surface area contributed by atoms with Crippen LogP contribution in [0.2, 0.25) is 0 Å². The second kappa shape index (κ2) is 6.96. The SMILES string of the molecule is Cc1cc(C)c2nc(NC3NC(=O)CC(c4ccccc4)N3)nc(C)c2c1. The van der Waals surface area contributed by atoms with Crippen LogP contribution < -0.4 is 16.0 Å². The van der Waals surface area contributed by atoms with E-state index in [0.717, 1.165) is 27.7 Å². The molecule has 4 rings (SSSR count). The zero-order chi connectivity index (χ0) is 19.0. The monoisotopic (exact) mass is 361 g/mol. The number of rotatable bonds is 3. The van der Waals surface area contributed by atoms with Crippen molar-refractivity contribution < 1.29 is 4.79 Å². The van der Waals surface area contributed by atoms with Gasteiger partial charge in [0.2, 0.25) is 11.9 Å². The van der Waals surface area contributed by atoms with Gasteiger partial charge in [-0.25, -0.2) is 9.97 Å². The lowest BCUT2D eigenvalue weighted by molar-refractivity contribution is -0.124. The Morgan fingerprint density at radius 1 is 1.07 bits per heavy atom. The van der Waals surface area contributed by atoms with Gasteiger partial charge in [-0.05, 0) is 38.0 Å². The molecular formula is C21H23N5O. The molecule has 3 N–H and O–H groups in total. The topological polar surface area (TPSA) is 78.9 Å². The molecule has 0 aliphatic carbocycles. The van der Waals surface area contributed by atoms with E-state index in [9.17, 15) is 4.79 Å². The normalized spacial score (nSPS) is 19.7. The van der Waals surface area contributed by atoms with Gasteiger partial charge in [-0.15, -0.1) is 0 Å². The molecule has 1 aliphatic heterocycles. The summed E-state index contributed by atoms with van der Waals surface area (Å²) in [6, 6.07) is 14.1. The third kappa shape index (κ3) is 3.61. The van der Waals surface area contributed by atoms with Crippen LogP contribution in [0, 0.1) is 20.8 Å². The minimum absolute atomic E-state index is 0.00980. The number of carbonyl (C=O) groups is 1. The molecule has 27 heavy (non-hydrogen) atoms. The fourth-order valence-electron chi connectivity index (χ4n) is 3.61. The van der Waals surface area contributed by atoms with Gasteiger partial charge >= 0.3 is 0 Å². The van der Waals surface area contributed by atoms with Gasteiger partial charge in [0.15, 0.2) is 6.29 Å². The van der Waals surface area contributed by atoms with E-state index in [1.54, 1.807) is 0 Å². The Balaban J connectivity index is 1.60. The Morgan fingerprint density at radius 2 is 1.85 bits per heavy atom. The van der Waals surface area contributed by atoms with Crippen LogP contribution in [0.15, 0.2) is 42.5 Å². The quantitative estimate of drug-likeness (QED) is 0.668. The highest BCUT2D eigenvalue weighted by Crippen LogP contribution is 2.24. The molecule has 0 saturated carbocycles. The van der Waals surface area contributed by atoms with E-state index in [1.165, 1.54) is 5.56 Å². The number of carbonyl (C=O) groups excluding carboxylic acids is 1. The summed E-state index contributed by atoms with van der Waals surface area (Å²) in [7, 11) is 0. The Kier molecular flexibility index (Phi) is 4.49. The van der Waals surface area contributed by atoms with Gasteiger partial charge in [-0.2, -0.15) is 0 Å². The van der Waals surface area contributed by atoms with E-state index < -0.39 is 6.29 Å². The van der Waals surface area contributed by atoms with Crippen LogP contribution >= 0.6 is 0 Å². The summed E-state index contributed by atoms with van der Waals surface area (Å²) >= 11 is 0. The molecule has 1 saturated heterocycles. The maximum absolute atomic E-state index is 12.2. The van der Waals surface area contributed by atoms with Crippen molar-refractivity contribution in [3.8, 4) is 0 Å². The van der Waals surface area contributed by atoms with Crippen LogP contribution in [-0.2, 0) is 4.79 Å². The molecule has 1 amide bonds. The molecule has 2 unspecified atom stereocenters. The van der Waals surface area contributed by atoms with E-state index in [0.29, 0.717) is 12.4 Å². The van der Waals surface area contributed by atoms with Gasteiger partial charge in [-0.1, -0.05) is 42.0 Å². The van der Waals surface area contributed by atoms with Gasteiger partial charge in [0.05, 0.1) is 11.2 Å². The number of hydrogen-bond donors (Lipinski definition) is 3. The van der Waals surface area contributed by atoms with Crippen LogP contribution in [-0.4, -0.2) is 22.2 Å². The van der Waals surface area contributed by atoms with Crippen molar-refractivity contribution in [1.29, 1.82) is 0 Å². The second-order valence-corrected chi connectivity index (χ2v) is 7.09. The molecule has 0 radical (unpaired) electrons. The maximum Gasteiger partial charge on any atom is 0.226 e. The largest absolute Gasteiger partial charge is 0.323 e. The zero-order valence-corrected chi connectivity index (χ0v) is 15.7. The number of aromatic nitrogens is 2. The smallest absolute Gasteiger partial charge is 0.226 e. The molecule has 138 valence electrons. The highest BCUT2D eigenvalue weighted by molar-refractivity contribution is 5.85. The average Bonchev–Trinajstić information content (AvgIpc) is 2.63. The number of benzene rings is 2. The van der Waals surface area contributed by atoms with Crippen LogP contribution in [0.4, 0.5) is 5.95 Å². The Bertz CT molecular complexity index is 1000. The summed E-state index contributed by atoms with van der Waals surface area (Å²) in [4.78, 5) is 21.5. The molecule has 2 aromatic carbocycles. The minimum Gasteiger partial charge on any atom is -0.323 e. The number of aryl methyl sites for hydroxylation is 3. The highest BCUT2D eigenvalue weighted by atomic mass is 16.2.